The molecular weight excluding hydrogens is 204 g/mol. The molecule has 0 bridgehead atoms. The second kappa shape index (κ2) is 11.1. The van der Waals surface area contributed by atoms with Crippen molar-refractivity contribution in [2.75, 3.05) is 0 Å². The summed E-state index contributed by atoms with van der Waals surface area (Å²) in [5, 5.41) is 0. The summed E-state index contributed by atoms with van der Waals surface area (Å²) < 4.78 is 0. The van der Waals surface area contributed by atoms with Crippen molar-refractivity contribution < 1.29 is 0 Å². The van der Waals surface area contributed by atoms with Crippen molar-refractivity contribution >= 4 is 0 Å². The number of rotatable bonds is 12. The van der Waals surface area contributed by atoms with Gasteiger partial charge in [0.05, 0.1) is 0 Å². The van der Waals surface area contributed by atoms with Gasteiger partial charge in [0.1, 0.15) is 0 Å². The van der Waals surface area contributed by atoms with Gasteiger partial charge in [-0.2, -0.15) is 0 Å². The topological polar surface area (TPSA) is 0 Å². The van der Waals surface area contributed by atoms with E-state index in [0.717, 1.165) is 0 Å². The fourth-order valence-corrected chi connectivity index (χ4v) is 2.74. The third-order valence-electron chi connectivity index (χ3n) is 4.15. The van der Waals surface area contributed by atoms with E-state index >= 15 is 0 Å². The molecule has 0 aliphatic heterocycles. The molecule has 0 aliphatic rings. The van der Waals surface area contributed by atoms with Gasteiger partial charge in [-0.15, -0.1) is 0 Å². The predicted molar refractivity (Wildman–Crippen MR) is 80.5 cm³/mol. The maximum atomic E-state index is 2.54. The molecule has 0 amide bonds. The van der Waals surface area contributed by atoms with Crippen LogP contribution in [0, 0.1) is 5.41 Å². The van der Waals surface area contributed by atoms with Crippen LogP contribution in [0.25, 0.3) is 0 Å². The van der Waals surface area contributed by atoms with Gasteiger partial charge in [-0.3, -0.25) is 0 Å². The Balaban J connectivity index is 3.82. The van der Waals surface area contributed by atoms with Crippen molar-refractivity contribution in [3.05, 3.63) is 0 Å². The number of unbranched alkanes of at least 4 members (excludes halogenated alkanes) is 6. The monoisotopic (exact) mass is 240 g/mol. The van der Waals surface area contributed by atoms with Crippen LogP contribution in [0.5, 0.6) is 0 Å². The lowest BCUT2D eigenvalue weighted by atomic mass is 9.76. The first-order chi connectivity index (χ1) is 8.18. The van der Waals surface area contributed by atoms with E-state index in [2.05, 4.69) is 27.7 Å². The van der Waals surface area contributed by atoms with Gasteiger partial charge in [-0.1, -0.05) is 85.5 Å². The van der Waals surface area contributed by atoms with E-state index in [9.17, 15) is 0 Å². The molecule has 0 aromatic rings. The van der Waals surface area contributed by atoms with Crippen LogP contribution < -0.4 is 0 Å². The summed E-state index contributed by atoms with van der Waals surface area (Å²) in [4.78, 5) is 0. The summed E-state index contributed by atoms with van der Waals surface area (Å²) in [7, 11) is 0. The SMILES string of the molecule is CCCCCCCC(C)(CCCC)CCCC. The smallest absolute Gasteiger partial charge is 0.0326 e. The molecule has 0 saturated heterocycles. The van der Waals surface area contributed by atoms with Gasteiger partial charge in [0.25, 0.3) is 0 Å². The molecule has 0 saturated carbocycles. The highest BCUT2D eigenvalue weighted by atomic mass is 14.3. The van der Waals surface area contributed by atoms with Crippen LogP contribution in [0.3, 0.4) is 0 Å². The van der Waals surface area contributed by atoms with Gasteiger partial charge >= 0.3 is 0 Å². The van der Waals surface area contributed by atoms with Crippen molar-refractivity contribution in [3.63, 3.8) is 0 Å². The van der Waals surface area contributed by atoms with Crippen LogP contribution in [0.15, 0.2) is 0 Å². The summed E-state index contributed by atoms with van der Waals surface area (Å²) in [5.74, 6) is 0. The average molecular weight is 240 g/mol. The molecule has 0 rings (SSSR count). The fourth-order valence-electron chi connectivity index (χ4n) is 2.74. The van der Waals surface area contributed by atoms with Crippen molar-refractivity contribution in [3.8, 4) is 0 Å². The first-order valence-corrected chi connectivity index (χ1v) is 8.18. The van der Waals surface area contributed by atoms with E-state index in [-0.39, 0.29) is 0 Å². The first kappa shape index (κ1) is 17.0. The van der Waals surface area contributed by atoms with Crippen molar-refractivity contribution in [1.82, 2.24) is 0 Å². The lowest BCUT2D eigenvalue weighted by Gasteiger charge is -2.30. The minimum Gasteiger partial charge on any atom is -0.0654 e. The van der Waals surface area contributed by atoms with E-state index in [1.165, 1.54) is 77.0 Å². The standard InChI is InChI=1S/C17H36/c1-5-8-11-12-13-16-17(4,14-9-6-2)15-10-7-3/h5-16H2,1-4H3. The zero-order chi connectivity index (χ0) is 13.0. The van der Waals surface area contributed by atoms with Crippen LogP contribution in [-0.2, 0) is 0 Å². The Morgan fingerprint density at radius 3 is 1.41 bits per heavy atom. The summed E-state index contributed by atoms with van der Waals surface area (Å²) in [6.07, 6.45) is 17.1. The van der Waals surface area contributed by atoms with Gasteiger partial charge in [0.15, 0.2) is 0 Å². The van der Waals surface area contributed by atoms with Crippen LogP contribution in [0.1, 0.15) is 105 Å². The molecular formula is C17H36. The maximum absolute atomic E-state index is 2.54. The molecule has 0 heterocycles. The maximum Gasteiger partial charge on any atom is -0.0326 e. The molecule has 0 heteroatoms. The Hall–Kier alpha value is 0. The van der Waals surface area contributed by atoms with E-state index in [1.54, 1.807) is 0 Å². The van der Waals surface area contributed by atoms with E-state index in [1.807, 2.05) is 0 Å². The molecule has 0 aromatic heterocycles. The van der Waals surface area contributed by atoms with Crippen LogP contribution >= 0.6 is 0 Å². The highest BCUT2D eigenvalue weighted by molar-refractivity contribution is 4.74. The third kappa shape index (κ3) is 9.68. The molecule has 0 atom stereocenters. The van der Waals surface area contributed by atoms with Crippen LogP contribution in [-0.4, -0.2) is 0 Å². The fraction of sp³-hybridized carbons (Fsp3) is 1.00. The van der Waals surface area contributed by atoms with Crippen molar-refractivity contribution in [2.24, 2.45) is 5.41 Å². The normalized spacial score (nSPS) is 12.0. The molecule has 0 aliphatic carbocycles. The zero-order valence-electron chi connectivity index (χ0n) is 13.0. The minimum atomic E-state index is 0.651. The Labute approximate surface area is 111 Å². The Morgan fingerprint density at radius 1 is 0.529 bits per heavy atom. The summed E-state index contributed by atoms with van der Waals surface area (Å²) in [6, 6.07) is 0. The molecule has 0 radical (unpaired) electrons. The molecule has 104 valence electrons. The number of hydrogen-bond donors (Lipinski definition) is 0. The second-order valence-corrected chi connectivity index (χ2v) is 6.18. The van der Waals surface area contributed by atoms with E-state index in [0.29, 0.717) is 5.41 Å². The van der Waals surface area contributed by atoms with E-state index < -0.39 is 0 Å². The van der Waals surface area contributed by atoms with Crippen LogP contribution in [0.4, 0.5) is 0 Å². The summed E-state index contributed by atoms with van der Waals surface area (Å²) >= 11 is 0. The Morgan fingerprint density at radius 2 is 0.941 bits per heavy atom. The van der Waals surface area contributed by atoms with E-state index in [4.69, 9.17) is 0 Å². The average Bonchev–Trinajstić information content (AvgIpc) is 2.34. The first-order valence-electron chi connectivity index (χ1n) is 8.18. The van der Waals surface area contributed by atoms with Gasteiger partial charge in [-0.25, -0.2) is 0 Å². The molecule has 0 fully saturated rings. The largest absolute Gasteiger partial charge is 0.0654 e. The molecule has 17 heavy (non-hydrogen) atoms. The minimum absolute atomic E-state index is 0.651. The molecule has 0 aromatic carbocycles. The predicted octanol–water partition coefficient (Wildman–Crippen LogP) is 6.73. The van der Waals surface area contributed by atoms with Gasteiger partial charge in [0.2, 0.25) is 0 Å². The second-order valence-electron chi connectivity index (χ2n) is 6.18. The number of hydrogen-bond acceptors (Lipinski definition) is 0. The highest BCUT2D eigenvalue weighted by Gasteiger charge is 2.22. The summed E-state index contributed by atoms with van der Waals surface area (Å²) in [5.41, 5.74) is 0.651. The molecule has 0 N–H and O–H groups in total. The zero-order valence-corrected chi connectivity index (χ0v) is 13.0. The molecule has 0 unspecified atom stereocenters. The van der Waals surface area contributed by atoms with Crippen molar-refractivity contribution in [2.45, 2.75) is 105 Å². The molecule has 0 nitrogen and oxygen atoms in total. The lowest BCUT2D eigenvalue weighted by Crippen LogP contribution is -2.16. The third-order valence-corrected chi connectivity index (χ3v) is 4.15. The van der Waals surface area contributed by atoms with Gasteiger partial charge in [-0.05, 0) is 24.7 Å². The Bertz CT molecular complexity index is 140. The van der Waals surface area contributed by atoms with Crippen molar-refractivity contribution in [1.29, 1.82) is 0 Å². The quantitative estimate of drug-likeness (QED) is 0.332. The van der Waals surface area contributed by atoms with Crippen LogP contribution in [0.2, 0.25) is 0 Å². The summed E-state index contributed by atoms with van der Waals surface area (Å²) in [6.45, 7) is 9.48. The Kier molecular flexibility index (Phi) is 11.1. The lowest BCUT2D eigenvalue weighted by molar-refractivity contribution is 0.226. The molecule has 0 spiro atoms. The van der Waals surface area contributed by atoms with Gasteiger partial charge < -0.3 is 0 Å². The highest BCUT2D eigenvalue weighted by Crippen LogP contribution is 2.36. The van der Waals surface area contributed by atoms with Gasteiger partial charge in [0, 0.05) is 0 Å².